The van der Waals surface area contributed by atoms with E-state index in [1.54, 1.807) is 7.11 Å². The molecule has 0 heterocycles. The van der Waals surface area contributed by atoms with E-state index in [4.69, 9.17) is 9.84 Å². The van der Waals surface area contributed by atoms with Gasteiger partial charge in [-0.05, 0) is 31.6 Å². The monoisotopic (exact) mass is 274 g/mol. The van der Waals surface area contributed by atoms with Gasteiger partial charge in [-0.15, -0.1) is 0 Å². The van der Waals surface area contributed by atoms with Gasteiger partial charge in [0.1, 0.15) is 6.04 Å². The van der Waals surface area contributed by atoms with Crippen molar-refractivity contribution in [3.63, 3.8) is 0 Å². The number of aliphatic carboxylic acids is 1. The van der Waals surface area contributed by atoms with Crippen molar-refractivity contribution in [1.82, 2.24) is 10.6 Å². The average molecular weight is 274 g/mol. The van der Waals surface area contributed by atoms with Crippen LogP contribution in [0.2, 0.25) is 0 Å². The molecule has 0 saturated carbocycles. The predicted octanol–water partition coefficient (Wildman–Crippen LogP) is 1.60. The number of unbranched alkanes of at least 4 members (excludes halogenated alkanes) is 2. The first kappa shape index (κ1) is 17.7. The number of rotatable bonds is 10. The number of carbonyl (C=O) groups is 2. The Labute approximate surface area is 114 Å². The number of amides is 2. The highest BCUT2D eigenvalue weighted by Crippen LogP contribution is 2.04. The molecule has 6 heteroatoms. The molecule has 19 heavy (non-hydrogen) atoms. The van der Waals surface area contributed by atoms with Crippen LogP contribution < -0.4 is 10.6 Å². The van der Waals surface area contributed by atoms with Crippen LogP contribution in [0.15, 0.2) is 0 Å². The number of nitrogens with one attached hydrogen (secondary N) is 2. The van der Waals surface area contributed by atoms with Gasteiger partial charge in [-0.2, -0.15) is 0 Å². The number of hydrogen-bond donors (Lipinski definition) is 3. The zero-order chi connectivity index (χ0) is 14.7. The molecule has 112 valence electrons. The largest absolute Gasteiger partial charge is 0.480 e. The van der Waals surface area contributed by atoms with E-state index < -0.39 is 18.0 Å². The van der Waals surface area contributed by atoms with E-state index in [1.807, 2.05) is 13.8 Å². The predicted molar refractivity (Wildman–Crippen MR) is 73.1 cm³/mol. The summed E-state index contributed by atoms with van der Waals surface area (Å²) in [6, 6.07) is -1.24. The third-order valence-corrected chi connectivity index (χ3v) is 2.62. The molecule has 0 radical (unpaired) electrons. The van der Waals surface area contributed by atoms with Crippen molar-refractivity contribution in [1.29, 1.82) is 0 Å². The van der Waals surface area contributed by atoms with E-state index in [0.29, 0.717) is 13.0 Å². The maximum atomic E-state index is 11.5. The maximum Gasteiger partial charge on any atom is 0.326 e. The van der Waals surface area contributed by atoms with Crippen molar-refractivity contribution in [3.8, 4) is 0 Å². The minimum atomic E-state index is -0.996. The van der Waals surface area contributed by atoms with Gasteiger partial charge in [-0.1, -0.05) is 13.8 Å². The molecule has 3 N–H and O–H groups in total. The summed E-state index contributed by atoms with van der Waals surface area (Å²) in [7, 11) is 1.66. The lowest BCUT2D eigenvalue weighted by Crippen LogP contribution is -2.46. The molecular weight excluding hydrogens is 248 g/mol. The van der Waals surface area contributed by atoms with E-state index in [0.717, 1.165) is 25.9 Å². The number of carboxylic acids is 1. The summed E-state index contributed by atoms with van der Waals surface area (Å²) in [5.41, 5.74) is 0. The number of methoxy groups -OCH3 is 1. The number of urea groups is 1. The van der Waals surface area contributed by atoms with E-state index in [2.05, 4.69) is 10.6 Å². The lowest BCUT2D eigenvalue weighted by Gasteiger charge is -2.16. The van der Waals surface area contributed by atoms with Crippen LogP contribution in [0.4, 0.5) is 4.79 Å². The zero-order valence-electron chi connectivity index (χ0n) is 12.1. The standard InChI is InChI=1S/C13H26N2O4/c1-10(2)9-11(12(16)17)15-13(18)14-7-5-4-6-8-19-3/h10-11H,4-9H2,1-3H3,(H,16,17)(H2,14,15,18)/t11-/m0/s1. The van der Waals surface area contributed by atoms with Gasteiger partial charge in [0, 0.05) is 20.3 Å². The average Bonchev–Trinajstić information content (AvgIpc) is 2.32. The van der Waals surface area contributed by atoms with Crippen LogP contribution >= 0.6 is 0 Å². The Kier molecular flexibility index (Phi) is 9.88. The third-order valence-electron chi connectivity index (χ3n) is 2.62. The second kappa shape index (κ2) is 10.6. The third kappa shape index (κ3) is 10.3. The van der Waals surface area contributed by atoms with Crippen LogP contribution in [0, 0.1) is 5.92 Å². The molecule has 0 fully saturated rings. The Morgan fingerprint density at radius 2 is 1.89 bits per heavy atom. The highest BCUT2D eigenvalue weighted by molar-refractivity contribution is 5.82. The van der Waals surface area contributed by atoms with Crippen molar-refractivity contribution < 1.29 is 19.4 Å². The van der Waals surface area contributed by atoms with Crippen LogP contribution in [-0.2, 0) is 9.53 Å². The molecule has 0 aromatic rings. The van der Waals surface area contributed by atoms with Crippen LogP contribution in [0.3, 0.4) is 0 Å². The summed E-state index contributed by atoms with van der Waals surface area (Å²) in [6.45, 7) is 5.11. The van der Waals surface area contributed by atoms with E-state index in [9.17, 15) is 9.59 Å². The first-order valence-corrected chi connectivity index (χ1v) is 6.73. The van der Waals surface area contributed by atoms with Crippen LogP contribution in [-0.4, -0.2) is 43.4 Å². The van der Waals surface area contributed by atoms with Gasteiger partial charge in [0.05, 0.1) is 0 Å². The van der Waals surface area contributed by atoms with Gasteiger partial charge in [0.15, 0.2) is 0 Å². The Balaban J connectivity index is 3.78. The molecule has 1 atom stereocenters. The summed E-state index contributed by atoms with van der Waals surface area (Å²) in [6.07, 6.45) is 3.22. The topological polar surface area (TPSA) is 87.7 Å². The van der Waals surface area contributed by atoms with Gasteiger partial charge in [0.25, 0.3) is 0 Å². The fourth-order valence-electron chi connectivity index (χ4n) is 1.65. The summed E-state index contributed by atoms with van der Waals surface area (Å²) in [5, 5.41) is 14.1. The van der Waals surface area contributed by atoms with Gasteiger partial charge >= 0.3 is 12.0 Å². The second-order valence-corrected chi connectivity index (χ2v) is 4.97. The molecule has 0 aliphatic heterocycles. The highest BCUT2D eigenvalue weighted by atomic mass is 16.5. The van der Waals surface area contributed by atoms with E-state index in [1.165, 1.54) is 0 Å². The minimum absolute atomic E-state index is 0.218. The van der Waals surface area contributed by atoms with Crippen molar-refractivity contribution in [2.75, 3.05) is 20.3 Å². The molecule has 2 amide bonds. The fourth-order valence-corrected chi connectivity index (χ4v) is 1.65. The first-order chi connectivity index (χ1) is 8.97. The molecule has 0 spiro atoms. The highest BCUT2D eigenvalue weighted by Gasteiger charge is 2.20. The van der Waals surface area contributed by atoms with E-state index >= 15 is 0 Å². The number of carbonyl (C=O) groups excluding carboxylic acids is 1. The summed E-state index contributed by atoms with van der Waals surface area (Å²) < 4.78 is 4.92. The summed E-state index contributed by atoms with van der Waals surface area (Å²) in [5.74, 6) is -0.778. The van der Waals surface area contributed by atoms with Gasteiger partial charge in [0.2, 0.25) is 0 Å². The molecule has 0 saturated heterocycles. The summed E-state index contributed by atoms with van der Waals surface area (Å²) in [4.78, 5) is 22.5. The van der Waals surface area contributed by atoms with Gasteiger partial charge < -0.3 is 20.5 Å². The minimum Gasteiger partial charge on any atom is -0.480 e. The van der Waals surface area contributed by atoms with Gasteiger partial charge in [-0.3, -0.25) is 0 Å². The lowest BCUT2D eigenvalue weighted by molar-refractivity contribution is -0.139. The normalized spacial score (nSPS) is 12.2. The molecule has 0 aromatic carbocycles. The quantitative estimate of drug-likeness (QED) is 0.528. The second-order valence-electron chi connectivity index (χ2n) is 4.97. The smallest absolute Gasteiger partial charge is 0.326 e. The fraction of sp³-hybridized carbons (Fsp3) is 0.846. The number of hydrogen-bond acceptors (Lipinski definition) is 3. The Bertz CT molecular complexity index is 269. The van der Waals surface area contributed by atoms with Crippen LogP contribution in [0.25, 0.3) is 0 Å². The molecule has 0 aromatic heterocycles. The summed E-state index contributed by atoms with van der Waals surface area (Å²) >= 11 is 0. The molecule has 0 aliphatic rings. The Hall–Kier alpha value is -1.30. The van der Waals surface area contributed by atoms with Gasteiger partial charge in [-0.25, -0.2) is 9.59 Å². The number of carboxylic acid groups (broad SMARTS) is 1. The van der Waals surface area contributed by atoms with Crippen molar-refractivity contribution in [3.05, 3.63) is 0 Å². The van der Waals surface area contributed by atoms with Crippen molar-refractivity contribution in [2.24, 2.45) is 5.92 Å². The van der Waals surface area contributed by atoms with Crippen molar-refractivity contribution in [2.45, 2.75) is 45.6 Å². The molecule has 6 nitrogen and oxygen atoms in total. The maximum absolute atomic E-state index is 11.5. The Morgan fingerprint density at radius 1 is 1.21 bits per heavy atom. The van der Waals surface area contributed by atoms with Crippen LogP contribution in [0.1, 0.15) is 39.5 Å². The lowest BCUT2D eigenvalue weighted by atomic mass is 10.0. The number of ether oxygens (including phenoxy) is 1. The zero-order valence-corrected chi connectivity index (χ0v) is 12.1. The Morgan fingerprint density at radius 3 is 2.42 bits per heavy atom. The molecule has 0 unspecified atom stereocenters. The van der Waals surface area contributed by atoms with E-state index in [-0.39, 0.29) is 5.92 Å². The van der Waals surface area contributed by atoms with Crippen molar-refractivity contribution >= 4 is 12.0 Å². The molecular formula is C13H26N2O4. The molecule has 0 rings (SSSR count). The van der Waals surface area contributed by atoms with Crippen LogP contribution in [0.5, 0.6) is 0 Å². The molecule has 0 bridgehead atoms. The first-order valence-electron chi connectivity index (χ1n) is 6.73. The SMILES string of the molecule is COCCCCCNC(=O)N[C@@H](CC(C)C)C(=O)O. The molecule has 0 aliphatic carbocycles.